The first-order valence-electron chi connectivity index (χ1n) is 7.82. The number of fused-ring (bicyclic) bond motifs is 1. The molecule has 0 unspecified atom stereocenters. The van der Waals surface area contributed by atoms with E-state index in [0.717, 1.165) is 38.4 Å². The number of carbonyl (C=O) groups excluding carboxylic acids is 1. The summed E-state index contributed by atoms with van der Waals surface area (Å²) in [4.78, 5) is 21.4. The molecule has 0 radical (unpaired) electrons. The number of nitrogens with one attached hydrogen (secondary N) is 1. The van der Waals surface area contributed by atoms with Gasteiger partial charge >= 0.3 is 0 Å². The van der Waals surface area contributed by atoms with Crippen LogP contribution < -0.4 is 5.32 Å². The highest BCUT2D eigenvalue weighted by Crippen LogP contribution is 2.27. The fourth-order valence-electron chi connectivity index (χ4n) is 2.69. The summed E-state index contributed by atoms with van der Waals surface area (Å²) in [6.07, 6.45) is 2.03. The molecule has 1 amide bonds. The first-order chi connectivity index (χ1) is 12.2. The summed E-state index contributed by atoms with van der Waals surface area (Å²) in [6.45, 7) is 2.02. The second kappa shape index (κ2) is 6.74. The number of rotatable bonds is 4. The Labute approximate surface area is 153 Å². The third-order valence-electron chi connectivity index (χ3n) is 3.91. The molecule has 25 heavy (non-hydrogen) atoms. The van der Waals surface area contributed by atoms with Crippen LogP contribution >= 0.6 is 22.7 Å². The number of anilines is 1. The molecule has 0 aliphatic rings. The Hall–Kier alpha value is -2.57. The number of aryl methyl sites for hydroxylation is 1. The number of nitrogens with zero attached hydrogens (tertiary/aromatic N) is 2. The highest BCUT2D eigenvalue weighted by Gasteiger charge is 2.11. The molecule has 4 rings (SSSR count). The van der Waals surface area contributed by atoms with Gasteiger partial charge in [-0.05, 0) is 42.1 Å². The van der Waals surface area contributed by atoms with Crippen LogP contribution in [0.4, 0.5) is 5.69 Å². The summed E-state index contributed by atoms with van der Waals surface area (Å²) < 4.78 is 0. The van der Waals surface area contributed by atoms with E-state index in [0.29, 0.717) is 0 Å². The lowest BCUT2D eigenvalue weighted by Gasteiger charge is -2.09. The third kappa shape index (κ3) is 3.31. The first kappa shape index (κ1) is 15.9. The molecule has 0 fully saturated rings. The zero-order valence-corrected chi connectivity index (χ0v) is 15.2. The number of thiophene rings is 1. The normalized spacial score (nSPS) is 10.9. The van der Waals surface area contributed by atoms with E-state index in [9.17, 15) is 4.79 Å². The predicted molar refractivity (Wildman–Crippen MR) is 104 cm³/mol. The SMILES string of the molecule is Cc1ccc(NC(=O)Cc2csc(-c3ccsc3)n2)c2cccnc12. The Morgan fingerprint density at radius 1 is 1.20 bits per heavy atom. The summed E-state index contributed by atoms with van der Waals surface area (Å²) in [5.74, 6) is -0.0730. The van der Waals surface area contributed by atoms with Crippen molar-refractivity contribution >= 4 is 45.2 Å². The van der Waals surface area contributed by atoms with E-state index in [1.807, 2.05) is 48.0 Å². The molecule has 1 aromatic carbocycles. The summed E-state index contributed by atoms with van der Waals surface area (Å²) in [5, 5.41) is 10.9. The van der Waals surface area contributed by atoms with Crippen molar-refractivity contribution < 1.29 is 4.79 Å². The predicted octanol–water partition coefficient (Wildman–Crippen LogP) is 4.91. The number of aromatic nitrogens is 2. The van der Waals surface area contributed by atoms with E-state index in [2.05, 4.69) is 20.7 Å². The van der Waals surface area contributed by atoms with Gasteiger partial charge in [0.05, 0.1) is 23.3 Å². The van der Waals surface area contributed by atoms with Crippen molar-refractivity contribution in [3.63, 3.8) is 0 Å². The topological polar surface area (TPSA) is 54.9 Å². The van der Waals surface area contributed by atoms with Gasteiger partial charge in [-0.2, -0.15) is 11.3 Å². The van der Waals surface area contributed by atoms with Crippen LogP contribution in [0, 0.1) is 6.92 Å². The number of thiazole rings is 1. The molecule has 4 aromatic rings. The lowest BCUT2D eigenvalue weighted by Crippen LogP contribution is -2.15. The number of carbonyl (C=O) groups is 1. The summed E-state index contributed by atoms with van der Waals surface area (Å²) in [7, 11) is 0. The number of benzene rings is 1. The maximum atomic E-state index is 12.4. The van der Waals surface area contributed by atoms with Crippen molar-refractivity contribution in [1.29, 1.82) is 0 Å². The minimum absolute atomic E-state index is 0.0730. The molecule has 124 valence electrons. The molecule has 4 nitrogen and oxygen atoms in total. The molecule has 0 aliphatic carbocycles. The van der Waals surface area contributed by atoms with Crippen LogP contribution in [-0.4, -0.2) is 15.9 Å². The van der Waals surface area contributed by atoms with E-state index in [1.54, 1.807) is 28.9 Å². The molecule has 0 aliphatic heterocycles. The van der Waals surface area contributed by atoms with E-state index < -0.39 is 0 Å². The average Bonchev–Trinajstić information content (AvgIpc) is 3.29. The quantitative estimate of drug-likeness (QED) is 0.559. The lowest BCUT2D eigenvalue weighted by molar-refractivity contribution is -0.115. The van der Waals surface area contributed by atoms with E-state index in [4.69, 9.17) is 0 Å². The van der Waals surface area contributed by atoms with Crippen molar-refractivity contribution in [1.82, 2.24) is 9.97 Å². The molecule has 0 bridgehead atoms. The number of amides is 1. The lowest BCUT2D eigenvalue weighted by atomic mass is 10.1. The number of hydrogen-bond acceptors (Lipinski definition) is 5. The van der Waals surface area contributed by atoms with Crippen LogP contribution in [0.25, 0.3) is 21.5 Å². The second-order valence-corrected chi connectivity index (χ2v) is 7.35. The largest absolute Gasteiger partial charge is 0.325 e. The Morgan fingerprint density at radius 2 is 2.12 bits per heavy atom. The van der Waals surface area contributed by atoms with Crippen LogP contribution in [0.1, 0.15) is 11.3 Å². The second-order valence-electron chi connectivity index (χ2n) is 5.71. The van der Waals surface area contributed by atoms with Gasteiger partial charge in [-0.15, -0.1) is 11.3 Å². The molecular weight excluding hydrogens is 350 g/mol. The van der Waals surface area contributed by atoms with Crippen LogP contribution in [0.3, 0.4) is 0 Å². The number of pyridine rings is 1. The van der Waals surface area contributed by atoms with Gasteiger partial charge < -0.3 is 5.32 Å². The summed E-state index contributed by atoms with van der Waals surface area (Å²) in [5.41, 5.74) is 4.68. The van der Waals surface area contributed by atoms with Crippen molar-refractivity contribution in [2.45, 2.75) is 13.3 Å². The Bertz CT molecular complexity index is 1040. The highest BCUT2D eigenvalue weighted by molar-refractivity contribution is 7.14. The van der Waals surface area contributed by atoms with Gasteiger partial charge in [0.1, 0.15) is 5.01 Å². The first-order valence-corrected chi connectivity index (χ1v) is 9.64. The molecule has 0 saturated carbocycles. The third-order valence-corrected chi connectivity index (χ3v) is 5.53. The van der Waals surface area contributed by atoms with Crippen LogP contribution in [0.2, 0.25) is 0 Å². The number of hydrogen-bond donors (Lipinski definition) is 1. The zero-order valence-electron chi connectivity index (χ0n) is 13.5. The molecule has 0 saturated heterocycles. The van der Waals surface area contributed by atoms with Crippen molar-refractivity contribution in [3.05, 3.63) is 63.9 Å². The van der Waals surface area contributed by atoms with Gasteiger partial charge in [-0.3, -0.25) is 9.78 Å². The van der Waals surface area contributed by atoms with Gasteiger partial charge in [0.15, 0.2) is 0 Å². The van der Waals surface area contributed by atoms with Crippen molar-refractivity contribution in [2.24, 2.45) is 0 Å². The smallest absolute Gasteiger partial charge is 0.230 e. The molecular formula is C19H15N3OS2. The fourth-order valence-corrected chi connectivity index (χ4v) is 4.22. The van der Waals surface area contributed by atoms with Crippen LogP contribution in [0.5, 0.6) is 0 Å². The van der Waals surface area contributed by atoms with Gasteiger partial charge in [-0.25, -0.2) is 4.98 Å². The summed E-state index contributed by atoms with van der Waals surface area (Å²) in [6, 6.07) is 9.80. The molecule has 1 N–H and O–H groups in total. The fraction of sp³-hybridized carbons (Fsp3) is 0.105. The van der Waals surface area contributed by atoms with E-state index in [-0.39, 0.29) is 12.3 Å². The highest BCUT2D eigenvalue weighted by atomic mass is 32.1. The molecule has 3 heterocycles. The van der Waals surface area contributed by atoms with Gasteiger partial charge in [-0.1, -0.05) is 6.07 Å². The summed E-state index contributed by atoms with van der Waals surface area (Å²) >= 11 is 3.21. The van der Waals surface area contributed by atoms with E-state index in [1.165, 1.54) is 0 Å². The van der Waals surface area contributed by atoms with Crippen molar-refractivity contribution in [3.8, 4) is 10.6 Å². The molecule has 3 aromatic heterocycles. The van der Waals surface area contributed by atoms with Gasteiger partial charge in [0.25, 0.3) is 0 Å². The van der Waals surface area contributed by atoms with Crippen LogP contribution in [-0.2, 0) is 11.2 Å². The van der Waals surface area contributed by atoms with E-state index >= 15 is 0 Å². The maximum absolute atomic E-state index is 12.4. The Kier molecular flexibility index (Phi) is 4.29. The standard InChI is InChI=1S/C19H15N3OS2/c1-12-4-5-16(15-3-2-7-20-18(12)15)22-17(23)9-14-11-25-19(21-14)13-6-8-24-10-13/h2-8,10-11H,9H2,1H3,(H,22,23). The Morgan fingerprint density at radius 3 is 2.96 bits per heavy atom. The van der Waals surface area contributed by atoms with Gasteiger partial charge in [0, 0.05) is 27.9 Å². The van der Waals surface area contributed by atoms with Crippen molar-refractivity contribution in [2.75, 3.05) is 5.32 Å². The Balaban J connectivity index is 1.52. The zero-order chi connectivity index (χ0) is 17.2. The average molecular weight is 365 g/mol. The minimum Gasteiger partial charge on any atom is -0.325 e. The molecule has 0 spiro atoms. The minimum atomic E-state index is -0.0730. The van der Waals surface area contributed by atoms with Gasteiger partial charge in [0.2, 0.25) is 5.91 Å². The molecule has 6 heteroatoms. The molecule has 0 atom stereocenters. The maximum Gasteiger partial charge on any atom is 0.230 e. The van der Waals surface area contributed by atoms with Crippen LogP contribution in [0.15, 0.2) is 52.7 Å². The monoisotopic (exact) mass is 365 g/mol.